The van der Waals surface area contributed by atoms with Crippen molar-refractivity contribution >= 4 is 16.1 Å². The smallest absolute Gasteiger partial charge is 0.115 e. The van der Waals surface area contributed by atoms with Crippen LogP contribution in [0.25, 0.3) is 0 Å². The molecule has 0 aliphatic heterocycles. The van der Waals surface area contributed by atoms with Crippen molar-refractivity contribution in [1.82, 2.24) is 0 Å². The van der Waals surface area contributed by atoms with E-state index < -0.39 is 10.4 Å². The predicted octanol–water partition coefficient (Wildman–Crippen LogP) is -0.584. The van der Waals surface area contributed by atoms with Crippen molar-refractivity contribution in [2.75, 3.05) is 12.0 Å². The van der Waals surface area contributed by atoms with Crippen LogP contribution in [0.15, 0.2) is 24.3 Å². The van der Waals surface area contributed by atoms with Crippen LogP contribution in [-0.2, 0) is 10.4 Å². The number of aromatic hydroxyl groups is 1. The Morgan fingerprint density at radius 3 is 1.93 bits per heavy atom. The van der Waals surface area contributed by atoms with Crippen molar-refractivity contribution in [2.45, 2.75) is 0 Å². The second-order valence-electron chi connectivity index (χ2n) is 2.29. The molecule has 86 valence electrons. The van der Waals surface area contributed by atoms with Crippen LogP contribution in [-0.4, -0.2) is 34.5 Å². The number of aliphatic hydroxyl groups is 1. The van der Waals surface area contributed by atoms with E-state index in [1.807, 2.05) is 0 Å². The summed E-state index contributed by atoms with van der Waals surface area (Å²) in [5.74, 6) is 0.225. The van der Waals surface area contributed by atoms with E-state index in [9.17, 15) is 0 Å². The standard InChI is InChI=1S/C7H9NO2.H2O4S/c9-5-8-6-1-3-7(10)4-2-6;1-5(2,3)4/h1-4,8-10H,5H2;(H2,1,2,3,4)/p-2. The molecule has 0 unspecified atom stereocenters. The van der Waals surface area contributed by atoms with Crippen molar-refractivity contribution in [2.24, 2.45) is 0 Å². The Hall–Kier alpha value is -1.35. The molecule has 0 spiro atoms. The highest BCUT2D eigenvalue weighted by atomic mass is 32.3. The van der Waals surface area contributed by atoms with E-state index in [0.29, 0.717) is 0 Å². The quantitative estimate of drug-likeness (QED) is 0.270. The topological polar surface area (TPSA) is 133 Å². The van der Waals surface area contributed by atoms with Crippen molar-refractivity contribution in [3.05, 3.63) is 24.3 Å². The summed E-state index contributed by atoms with van der Waals surface area (Å²) in [6, 6.07) is 6.48. The number of hydrogen-bond acceptors (Lipinski definition) is 7. The van der Waals surface area contributed by atoms with Crippen molar-refractivity contribution in [1.29, 1.82) is 0 Å². The summed E-state index contributed by atoms with van der Waals surface area (Å²) in [5.41, 5.74) is 0.792. The molecule has 1 rings (SSSR count). The fourth-order valence-electron chi connectivity index (χ4n) is 0.671. The van der Waals surface area contributed by atoms with Gasteiger partial charge in [-0.05, 0) is 24.3 Å². The monoisotopic (exact) mass is 235 g/mol. The van der Waals surface area contributed by atoms with Crippen LogP contribution in [0.1, 0.15) is 0 Å². The minimum absolute atomic E-state index is 0.0925. The molecule has 1 aromatic rings. The van der Waals surface area contributed by atoms with Gasteiger partial charge in [0.2, 0.25) is 0 Å². The lowest BCUT2D eigenvalue weighted by atomic mass is 10.3. The summed E-state index contributed by atoms with van der Waals surface area (Å²) in [6.07, 6.45) is 0. The van der Waals surface area contributed by atoms with Gasteiger partial charge in [0.25, 0.3) is 0 Å². The van der Waals surface area contributed by atoms with E-state index >= 15 is 0 Å². The van der Waals surface area contributed by atoms with Crippen LogP contribution in [0.4, 0.5) is 5.69 Å². The lowest BCUT2D eigenvalue weighted by Crippen LogP contribution is -1.98. The molecule has 0 bridgehead atoms. The maximum Gasteiger partial charge on any atom is 0.115 e. The normalized spacial score (nSPS) is 10.1. The third kappa shape index (κ3) is 10.6. The summed E-state index contributed by atoms with van der Waals surface area (Å²) >= 11 is 0. The van der Waals surface area contributed by atoms with Gasteiger partial charge in [-0.2, -0.15) is 0 Å². The number of anilines is 1. The van der Waals surface area contributed by atoms with Gasteiger partial charge < -0.3 is 24.6 Å². The molecular weight excluding hydrogens is 226 g/mol. The zero-order valence-corrected chi connectivity index (χ0v) is 8.27. The number of aliphatic hydroxyl groups excluding tert-OH is 1. The highest BCUT2D eigenvalue weighted by Gasteiger charge is 1.88. The largest absolute Gasteiger partial charge is 0.759 e. The van der Waals surface area contributed by atoms with Crippen LogP contribution < -0.4 is 5.32 Å². The molecule has 0 radical (unpaired) electrons. The number of phenolic OH excluding ortho intramolecular Hbond substituents is 1. The molecule has 0 amide bonds. The Morgan fingerprint density at radius 2 is 1.60 bits per heavy atom. The molecule has 1 aromatic carbocycles. The van der Waals surface area contributed by atoms with E-state index in [1.165, 1.54) is 0 Å². The molecule has 0 atom stereocenters. The molecular formula is C7H9NO6S-2. The lowest BCUT2D eigenvalue weighted by Gasteiger charge is -2.06. The molecule has 0 aliphatic rings. The molecule has 0 aliphatic carbocycles. The van der Waals surface area contributed by atoms with Gasteiger partial charge in [-0.15, -0.1) is 0 Å². The molecule has 0 saturated carbocycles. The van der Waals surface area contributed by atoms with E-state index in [2.05, 4.69) is 5.32 Å². The maximum absolute atomic E-state index is 8.83. The van der Waals surface area contributed by atoms with Gasteiger partial charge in [-0.1, -0.05) is 0 Å². The Kier molecular flexibility index (Phi) is 5.64. The molecule has 3 N–H and O–H groups in total. The Bertz CT molecular complexity index is 365. The predicted molar refractivity (Wildman–Crippen MR) is 49.3 cm³/mol. The zero-order chi connectivity index (χ0) is 11.9. The van der Waals surface area contributed by atoms with Gasteiger partial charge in [0.05, 0.1) is 0 Å². The van der Waals surface area contributed by atoms with Gasteiger partial charge in [-0.25, -0.2) is 0 Å². The second kappa shape index (κ2) is 6.19. The van der Waals surface area contributed by atoms with Crippen LogP contribution in [0.3, 0.4) is 0 Å². The first-order chi connectivity index (χ1) is 6.83. The number of benzene rings is 1. The first kappa shape index (κ1) is 13.7. The van der Waals surface area contributed by atoms with E-state index in [1.54, 1.807) is 24.3 Å². The van der Waals surface area contributed by atoms with Gasteiger partial charge in [0, 0.05) is 16.1 Å². The molecule has 15 heavy (non-hydrogen) atoms. The zero-order valence-electron chi connectivity index (χ0n) is 7.45. The fraction of sp³-hybridized carbons (Fsp3) is 0.143. The molecule has 0 aromatic heterocycles. The summed E-state index contributed by atoms with van der Waals surface area (Å²) < 4.78 is 34.1. The molecule has 0 heterocycles. The average Bonchev–Trinajstić information content (AvgIpc) is 2.06. The summed E-state index contributed by atoms with van der Waals surface area (Å²) in [5, 5.41) is 19.9. The average molecular weight is 235 g/mol. The number of phenols is 1. The van der Waals surface area contributed by atoms with Crippen LogP contribution in [0, 0.1) is 0 Å². The number of rotatable bonds is 2. The third-order valence-electron chi connectivity index (χ3n) is 1.15. The second-order valence-corrected chi connectivity index (χ2v) is 3.11. The SMILES string of the molecule is O=S(=O)([O-])[O-].OCNc1ccc(O)cc1. The third-order valence-corrected chi connectivity index (χ3v) is 1.15. The molecule has 8 heteroatoms. The lowest BCUT2D eigenvalue weighted by molar-refractivity contribution is 0.325. The van der Waals surface area contributed by atoms with E-state index in [4.69, 9.17) is 27.7 Å². The van der Waals surface area contributed by atoms with Gasteiger partial charge in [-0.3, -0.25) is 8.42 Å². The maximum atomic E-state index is 8.83. The molecule has 0 saturated heterocycles. The van der Waals surface area contributed by atoms with Gasteiger partial charge in [0.15, 0.2) is 0 Å². The number of nitrogens with one attached hydrogen (secondary N) is 1. The van der Waals surface area contributed by atoms with Crippen molar-refractivity contribution in [3.8, 4) is 5.75 Å². The molecule has 0 fully saturated rings. The van der Waals surface area contributed by atoms with Crippen LogP contribution >= 0.6 is 0 Å². The minimum atomic E-state index is -5.17. The first-order valence-corrected chi connectivity index (χ1v) is 4.96. The summed E-state index contributed by atoms with van der Waals surface area (Å²) in [6.45, 7) is -0.0925. The minimum Gasteiger partial charge on any atom is -0.759 e. The number of hydrogen-bond donors (Lipinski definition) is 3. The van der Waals surface area contributed by atoms with E-state index in [-0.39, 0.29) is 12.5 Å². The van der Waals surface area contributed by atoms with Gasteiger partial charge in [0.1, 0.15) is 12.5 Å². The summed E-state index contributed by atoms with van der Waals surface area (Å²) in [4.78, 5) is 0. The van der Waals surface area contributed by atoms with Gasteiger partial charge >= 0.3 is 0 Å². The van der Waals surface area contributed by atoms with Crippen molar-refractivity contribution in [3.63, 3.8) is 0 Å². The van der Waals surface area contributed by atoms with E-state index in [0.717, 1.165) is 5.69 Å². The van der Waals surface area contributed by atoms with Crippen LogP contribution in [0.2, 0.25) is 0 Å². The first-order valence-electron chi connectivity index (χ1n) is 3.63. The fourth-order valence-corrected chi connectivity index (χ4v) is 0.671. The highest BCUT2D eigenvalue weighted by Crippen LogP contribution is 2.12. The Balaban J connectivity index is 0.000000336. The highest BCUT2D eigenvalue weighted by molar-refractivity contribution is 7.79. The van der Waals surface area contributed by atoms with Crippen LogP contribution in [0.5, 0.6) is 5.75 Å². The Labute approximate surface area is 86.6 Å². The Morgan fingerprint density at radius 1 is 1.20 bits per heavy atom. The van der Waals surface area contributed by atoms with Crippen molar-refractivity contribution < 1.29 is 27.7 Å². The molecule has 7 nitrogen and oxygen atoms in total. The summed E-state index contributed by atoms with van der Waals surface area (Å²) in [7, 11) is -5.17.